The molecule has 10 heavy (non-hydrogen) atoms. The van der Waals surface area contributed by atoms with Crippen LogP contribution in [-0.2, 0) is 0 Å². The Bertz CT molecular complexity index is 153. The standard InChI is InChI=1S/C5H7N2P.C2H6/c1-8-5-6-3-2-4-7-5;1-2/h2-4,8H,1H3;1-2H3. The van der Waals surface area contributed by atoms with E-state index in [9.17, 15) is 0 Å². The monoisotopic (exact) mass is 156 g/mol. The molecule has 0 N–H and O–H groups in total. The summed E-state index contributed by atoms with van der Waals surface area (Å²) >= 11 is 0. The molecule has 1 aromatic rings. The van der Waals surface area contributed by atoms with E-state index in [1.807, 2.05) is 19.9 Å². The first-order valence-corrected chi connectivity index (χ1v) is 4.88. The summed E-state index contributed by atoms with van der Waals surface area (Å²) in [7, 11) is 0.708. The van der Waals surface area contributed by atoms with Crippen molar-refractivity contribution in [3.05, 3.63) is 18.5 Å². The molecule has 1 rings (SSSR count). The minimum atomic E-state index is 0.708. The van der Waals surface area contributed by atoms with E-state index in [2.05, 4.69) is 16.6 Å². The van der Waals surface area contributed by atoms with E-state index < -0.39 is 0 Å². The Labute approximate surface area is 63.9 Å². The van der Waals surface area contributed by atoms with E-state index in [-0.39, 0.29) is 0 Å². The van der Waals surface area contributed by atoms with Crippen LogP contribution in [0.4, 0.5) is 0 Å². The summed E-state index contributed by atoms with van der Waals surface area (Å²) in [4.78, 5) is 8.00. The highest BCUT2D eigenvalue weighted by Crippen LogP contribution is 1.94. The molecule has 0 saturated heterocycles. The molecule has 0 amide bonds. The van der Waals surface area contributed by atoms with Crippen LogP contribution in [-0.4, -0.2) is 16.6 Å². The molecule has 1 atom stereocenters. The second-order valence-corrected chi connectivity index (χ2v) is 2.27. The zero-order chi connectivity index (χ0) is 7.82. The van der Waals surface area contributed by atoms with Crippen LogP contribution in [0, 0.1) is 0 Å². The molecular formula is C7H13N2P. The van der Waals surface area contributed by atoms with E-state index in [0.717, 1.165) is 5.57 Å². The molecule has 0 bridgehead atoms. The van der Waals surface area contributed by atoms with Crippen molar-refractivity contribution in [2.45, 2.75) is 13.8 Å². The zero-order valence-corrected chi connectivity index (χ0v) is 7.63. The molecule has 0 aliphatic heterocycles. The van der Waals surface area contributed by atoms with Gasteiger partial charge in [-0.05, 0) is 12.7 Å². The quantitative estimate of drug-likeness (QED) is 0.575. The van der Waals surface area contributed by atoms with Gasteiger partial charge in [0.1, 0.15) is 5.57 Å². The predicted molar refractivity (Wildman–Crippen MR) is 47.3 cm³/mol. The van der Waals surface area contributed by atoms with E-state index in [0.29, 0.717) is 8.58 Å². The van der Waals surface area contributed by atoms with Gasteiger partial charge >= 0.3 is 0 Å². The van der Waals surface area contributed by atoms with Crippen LogP contribution in [0.3, 0.4) is 0 Å². The Morgan fingerprint density at radius 1 is 1.20 bits per heavy atom. The Kier molecular flexibility index (Phi) is 6.30. The van der Waals surface area contributed by atoms with E-state index in [1.165, 1.54) is 0 Å². The molecule has 2 nitrogen and oxygen atoms in total. The van der Waals surface area contributed by atoms with Crippen LogP contribution >= 0.6 is 8.58 Å². The minimum absolute atomic E-state index is 0.708. The molecular weight excluding hydrogens is 143 g/mol. The number of rotatable bonds is 1. The Balaban J connectivity index is 0.000000371. The van der Waals surface area contributed by atoms with Crippen molar-refractivity contribution in [1.29, 1.82) is 0 Å². The van der Waals surface area contributed by atoms with Gasteiger partial charge < -0.3 is 0 Å². The molecule has 0 aliphatic rings. The Hall–Kier alpha value is -0.490. The van der Waals surface area contributed by atoms with Crippen molar-refractivity contribution in [1.82, 2.24) is 9.97 Å². The average Bonchev–Trinajstić information content (AvgIpc) is 2.10. The molecule has 1 unspecified atom stereocenters. The number of nitrogens with zero attached hydrogens (tertiary/aromatic N) is 2. The van der Waals surface area contributed by atoms with Gasteiger partial charge in [-0.15, -0.1) is 0 Å². The van der Waals surface area contributed by atoms with Crippen molar-refractivity contribution in [3.8, 4) is 0 Å². The second-order valence-electron chi connectivity index (χ2n) is 1.32. The zero-order valence-electron chi connectivity index (χ0n) is 6.63. The van der Waals surface area contributed by atoms with Gasteiger partial charge in [0, 0.05) is 12.4 Å². The number of hydrogen-bond donors (Lipinski definition) is 0. The summed E-state index contributed by atoms with van der Waals surface area (Å²) in [5.41, 5.74) is 0.938. The third-order valence-electron chi connectivity index (χ3n) is 0.789. The molecule has 1 heterocycles. The highest BCUT2D eigenvalue weighted by molar-refractivity contribution is 7.45. The van der Waals surface area contributed by atoms with Crippen molar-refractivity contribution < 1.29 is 0 Å². The maximum Gasteiger partial charge on any atom is 0.147 e. The summed E-state index contributed by atoms with van der Waals surface area (Å²) in [5, 5.41) is 0. The fourth-order valence-corrected chi connectivity index (χ4v) is 0.835. The van der Waals surface area contributed by atoms with E-state index in [4.69, 9.17) is 0 Å². The van der Waals surface area contributed by atoms with Gasteiger partial charge in [-0.1, -0.05) is 22.4 Å². The predicted octanol–water partition coefficient (Wildman–Crippen LogP) is 1.44. The van der Waals surface area contributed by atoms with Crippen LogP contribution in [0.1, 0.15) is 13.8 Å². The largest absolute Gasteiger partial charge is 0.237 e. The third kappa shape index (κ3) is 3.52. The summed E-state index contributed by atoms with van der Waals surface area (Å²) < 4.78 is 0. The molecule has 0 fully saturated rings. The van der Waals surface area contributed by atoms with Gasteiger partial charge in [-0.2, -0.15) is 0 Å². The van der Waals surface area contributed by atoms with Crippen LogP contribution in [0.5, 0.6) is 0 Å². The first kappa shape index (κ1) is 9.51. The molecule has 0 saturated carbocycles. The minimum Gasteiger partial charge on any atom is -0.237 e. The lowest BCUT2D eigenvalue weighted by atomic mass is 10.7. The lowest BCUT2D eigenvalue weighted by molar-refractivity contribution is 1.24. The maximum atomic E-state index is 4.00. The van der Waals surface area contributed by atoms with Crippen molar-refractivity contribution >= 4 is 14.1 Å². The Morgan fingerprint density at radius 3 is 2.00 bits per heavy atom. The topological polar surface area (TPSA) is 25.8 Å². The molecule has 0 radical (unpaired) electrons. The third-order valence-corrected chi connectivity index (χ3v) is 1.49. The summed E-state index contributed by atoms with van der Waals surface area (Å²) in [5.74, 6) is 0. The molecule has 3 heteroatoms. The maximum absolute atomic E-state index is 4.00. The number of hydrogen-bond acceptors (Lipinski definition) is 2. The van der Waals surface area contributed by atoms with Gasteiger partial charge in [0.2, 0.25) is 0 Å². The number of aromatic nitrogens is 2. The normalized spacial score (nSPS) is 9.10. The van der Waals surface area contributed by atoms with Crippen LogP contribution in [0.15, 0.2) is 18.5 Å². The summed E-state index contributed by atoms with van der Waals surface area (Å²) in [6.45, 7) is 6.06. The molecule has 0 aliphatic carbocycles. The SMILES string of the molecule is CC.CPc1ncccn1. The smallest absolute Gasteiger partial charge is 0.147 e. The highest BCUT2D eigenvalue weighted by atomic mass is 31.1. The fraction of sp³-hybridized carbons (Fsp3) is 0.429. The average molecular weight is 156 g/mol. The van der Waals surface area contributed by atoms with Gasteiger partial charge in [0.25, 0.3) is 0 Å². The van der Waals surface area contributed by atoms with Crippen LogP contribution in [0.25, 0.3) is 0 Å². The fourth-order valence-electron chi connectivity index (χ4n) is 0.428. The summed E-state index contributed by atoms with van der Waals surface area (Å²) in [6, 6.07) is 1.82. The van der Waals surface area contributed by atoms with Gasteiger partial charge in [0.15, 0.2) is 0 Å². The molecule has 0 aromatic carbocycles. The van der Waals surface area contributed by atoms with E-state index >= 15 is 0 Å². The highest BCUT2D eigenvalue weighted by Gasteiger charge is 1.83. The lowest BCUT2D eigenvalue weighted by Gasteiger charge is -1.87. The first-order valence-electron chi connectivity index (χ1n) is 3.38. The second kappa shape index (κ2) is 6.63. The summed E-state index contributed by atoms with van der Waals surface area (Å²) in [6.07, 6.45) is 3.53. The molecule has 1 aromatic heterocycles. The van der Waals surface area contributed by atoms with Crippen molar-refractivity contribution in [2.75, 3.05) is 6.66 Å². The van der Waals surface area contributed by atoms with Crippen LogP contribution < -0.4 is 5.57 Å². The van der Waals surface area contributed by atoms with Gasteiger partial charge in [-0.25, -0.2) is 9.97 Å². The van der Waals surface area contributed by atoms with Crippen molar-refractivity contribution in [3.63, 3.8) is 0 Å². The van der Waals surface area contributed by atoms with Gasteiger partial charge in [-0.3, -0.25) is 0 Å². The van der Waals surface area contributed by atoms with Gasteiger partial charge in [0.05, 0.1) is 0 Å². The molecule has 56 valence electrons. The van der Waals surface area contributed by atoms with Crippen LogP contribution in [0.2, 0.25) is 0 Å². The Morgan fingerprint density at radius 2 is 1.70 bits per heavy atom. The first-order chi connectivity index (χ1) is 4.93. The van der Waals surface area contributed by atoms with Crippen molar-refractivity contribution in [2.24, 2.45) is 0 Å². The van der Waals surface area contributed by atoms with E-state index in [1.54, 1.807) is 12.4 Å². The lowest BCUT2D eigenvalue weighted by Crippen LogP contribution is -2.02. The molecule has 0 spiro atoms.